The number of carboxylic acids is 1. The van der Waals surface area contributed by atoms with Crippen molar-refractivity contribution in [1.29, 1.82) is 0 Å². The van der Waals surface area contributed by atoms with Gasteiger partial charge in [0.05, 0.1) is 42.1 Å². The molecule has 0 radical (unpaired) electrons. The highest BCUT2D eigenvalue weighted by Gasteiger charge is 2.24. The fourth-order valence-corrected chi connectivity index (χ4v) is 4.62. The van der Waals surface area contributed by atoms with Crippen LogP contribution in [0, 0.1) is 0 Å². The number of carboxylic acid groups (broad SMARTS) is 1. The molecule has 0 aliphatic heterocycles. The molecule has 9 heteroatoms. The summed E-state index contributed by atoms with van der Waals surface area (Å²) in [5.41, 5.74) is 0.788. The van der Waals surface area contributed by atoms with Crippen LogP contribution in [-0.2, 0) is 11.3 Å². The first-order valence-corrected chi connectivity index (χ1v) is 10.5. The fraction of sp³-hybridized carbons (Fsp3) is 0.273. The van der Waals surface area contributed by atoms with Crippen LogP contribution in [0.5, 0.6) is 11.5 Å². The smallest absolute Gasteiger partial charge is 0.312 e. The van der Waals surface area contributed by atoms with Crippen LogP contribution in [0.1, 0.15) is 30.0 Å². The van der Waals surface area contributed by atoms with Crippen molar-refractivity contribution < 1.29 is 19.4 Å². The number of aromatic nitrogens is 3. The predicted molar refractivity (Wildman–Crippen MR) is 118 cm³/mol. The minimum atomic E-state index is -0.970. The number of hydrogen-bond donors (Lipinski definition) is 1. The third kappa shape index (κ3) is 3.72. The van der Waals surface area contributed by atoms with Gasteiger partial charge in [0.1, 0.15) is 22.4 Å². The van der Waals surface area contributed by atoms with Gasteiger partial charge in [0.2, 0.25) is 0 Å². The maximum atomic E-state index is 13.1. The molecule has 1 unspecified atom stereocenters. The molecule has 0 fully saturated rings. The van der Waals surface area contributed by atoms with Crippen LogP contribution in [0.2, 0.25) is 0 Å². The maximum Gasteiger partial charge on any atom is 0.312 e. The number of benzene rings is 2. The molecule has 0 bridgehead atoms. The lowest BCUT2D eigenvalue weighted by Gasteiger charge is -2.14. The van der Waals surface area contributed by atoms with Crippen LogP contribution in [-0.4, -0.2) is 40.1 Å². The van der Waals surface area contributed by atoms with E-state index in [4.69, 9.17) is 9.47 Å². The van der Waals surface area contributed by atoms with Crippen LogP contribution >= 0.6 is 11.3 Å². The Kier molecular flexibility index (Phi) is 5.60. The summed E-state index contributed by atoms with van der Waals surface area (Å²) < 4.78 is 12.9. The summed E-state index contributed by atoms with van der Waals surface area (Å²) in [6.07, 6.45) is 0.364. The van der Waals surface area contributed by atoms with E-state index >= 15 is 0 Å². The van der Waals surface area contributed by atoms with E-state index < -0.39 is 11.9 Å². The van der Waals surface area contributed by atoms with E-state index in [9.17, 15) is 14.7 Å². The van der Waals surface area contributed by atoms with Gasteiger partial charge in [-0.05, 0) is 12.5 Å². The summed E-state index contributed by atoms with van der Waals surface area (Å²) >= 11 is 1.40. The van der Waals surface area contributed by atoms with Gasteiger partial charge in [-0.15, -0.1) is 11.3 Å². The van der Waals surface area contributed by atoms with Crippen molar-refractivity contribution in [1.82, 2.24) is 14.8 Å². The summed E-state index contributed by atoms with van der Waals surface area (Å²) in [6.45, 7) is 1.91. The second kappa shape index (κ2) is 8.35. The van der Waals surface area contributed by atoms with Crippen molar-refractivity contribution in [3.8, 4) is 11.5 Å². The number of methoxy groups -OCH3 is 2. The molecule has 0 saturated heterocycles. The fourth-order valence-electron chi connectivity index (χ4n) is 3.60. The van der Waals surface area contributed by atoms with E-state index in [-0.39, 0.29) is 12.1 Å². The molecule has 4 rings (SSSR count). The Morgan fingerprint density at radius 3 is 2.58 bits per heavy atom. The molecule has 2 aromatic carbocycles. The Bertz CT molecular complexity index is 1340. The Morgan fingerprint density at radius 2 is 1.94 bits per heavy atom. The topological polar surface area (TPSA) is 104 Å². The molecule has 1 atom stereocenters. The SMILES string of the molecule is CCC(C(=O)O)c1nn(Cc2nc3cc(OC)cc(OC)c3s2)c(=O)c2ccccc12. The third-order valence-electron chi connectivity index (χ3n) is 5.15. The van der Waals surface area contributed by atoms with Crippen LogP contribution in [0.3, 0.4) is 0 Å². The standard InChI is InChI=1S/C22H21N3O5S/c1-4-13(22(27)28)19-14-7-5-6-8-15(14)21(26)25(24-19)11-18-23-16-9-12(29-2)10-17(30-3)20(16)31-18/h5-10,13H,4,11H2,1-3H3,(H,27,28). The number of thiazole rings is 1. The molecule has 31 heavy (non-hydrogen) atoms. The van der Waals surface area contributed by atoms with Gasteiger partial charge in [-0.2, -0.15) is 5.10 Å². The molecule has 0 amide bonds. The average Bonchev–Trinajstić information content (AvgIpc) is 3.18. The number of fused-ring (bicyclic) bond motifs is 2. The third-order valence-corrected chi connectivity index (χ3v) is 6.22. The first-order chi connectivity index (χ1) is 15.0. The zero-order valence-electron chi connectivity index (χ0n) is 17.3. The van der Waals surface area contributed by atoms with Gasteiger partial charge in [-0.3, -0.25) is 9.59 Å². The molecule has 2 heterocycles. The summed E-state index contributed by atoms with van der Waals surface area (Å²) in [5, 5.41) is 15.8. The second-order valence-electron chi connectivity index (χ2n) is 6.98. The Labute approximate surface area is 181 Å². The zero-order chi connectivity index (χ0) is 22.1. The summed E-state index contributed by atoms with van der Waals surface area (Å²) in [4.78, 5) is 29.5. The van der Waals surface area contributed by atoms with Crippen molar-refractivity contribution in [3.63, 3.8) is 0 Å². The number of carbonyl (C=O) groups is 1. The molecule has 2 aromatic heterocycles. The van der Waals surface area contributed by atoms with Gasteiger partial charge in [-0.1, -0.05) is 25.1 Å². The van der Waals surface area contributed by atoms with Gasteiger partial charge in [0.15, 0.2) is 0 Å². The maximum absolute atomic E-state index is 13.1. The van der Waals surface area contributed by atoms with Crippen molar-refractivity contribution >= 4 is 38.3 Å². The van der Waals surface area contributed by atoms with E-state index in [0.717, 1.165) is 4.70 Å². The van der Waals surface area contributed by atoms with Gasteiger partial charge in [0, 0.05) is 17.5 Å². The highest BCUT2D eigenvalue weighted by atomic mass is 32.1. The van der Waals surface area contributed by atoms with Gasteiger partial charge >= 0.3 is 5.97 Å². The minimum Gasteiger partial charge on any atom is -0.497 e. The van der Waals surface area contributed by atoms with E-state index in [1.165, 1.54) is 16.0 Å². The number of ether oxygens (including phenoxy) is 2. The normalized spacial score (nSPS) is 12.2. The first kappa shape index (κ1) is 20.8. The van der Waals surface area contributed by atoms with Crippen molar-refractivity contribution in [2.45, 2.75) is 25.8 Å². The quantitative estimate of drug-likeness (QED) is 0.469. The number of hydrogen-bond acceptors (Lipinski definition) is 7. The number of rotatable bonds is 7. The van der Waals surface area contributed by atoms with E-state index in [1.54, 1.807) is 57.5 Å². The molecular weight excluding hydrogens is 418 g/mol. The number of aliphatic carboxylic acids is 1. The van der Waals surface area contributed by atoms with Crippen LogP contribution in [0.4, 0.5) is 0 Å². The van der Waals surface area contributed by atoms with Gasteiger partial charge in [0.25, 0.3) is 5.56 Å². The van der Waals surface area contributed by atoms with E-state index in [0.29, 0.717) is 44.9 Å². The molecule has 0 saturated carbocycles. The highest BCUT2D eigenvalue weighted by molar-refractivity contribution is 7.19. The highest BCUT2D eigenvalue weighted by Crippen LogP contribution is 2.35. The molecule has 160 valence electrons. The Balaban J connectivity index is 1.86. The van der Waals surface area contributed by atoms with Crippen LogP contribution in [0.15, 0.2) is 41.2 Å². The Morgan fingerprint density at radius 1 is 1.19 bits per heavy atom. The summed E-state index contributed by atoms with van der Waals surface area (Å²) in [5.74, 6) is -0.523. The zero-order valence-corrected chi connectivity index (χ0v) is 18.1. The van der Waals surface area contributed by atoms with Crippen molar-refractivity contribution in [2.75, 3.05) is 14.2 Å². The molecule has 1 N–H and O–H groups in total. The second-order valence-corrected chi connectivity index (χ2v) is 8.06. The molecule has 0 spiro atoms. The number of nitrogens with zero attached hydrogens (tertiary/aromatic N) is 3. The van der Waals surface area contributed by atoms with Gasteiger partial charge in [-0.25, -0.2) is 9.67 Å². The molecule has 0 aliphatic carbocycles. The molecule has 8 nitrogen and oxygen atoms in total. The average molecular weight is 439 g/mol. The van der Waals surface area contributed by atoms with Gasteiger partial charge < -0.3 is 14.6 Å². The summed E-state index contributed by atoms with van der Waals surface area (Å²) in [6, 6.07) is 10.6. The Hall–Kier alpha value is -3.46. The molecule has 0 aliphatic rings. The lowest BCUT2D eigenvalue weighted by Crippen LogP contribution is -2.27. The first-order valence-electron chi connectivity index (χ1n) is 9.70. The van der Waals surface area contributed by atoms with Crippen molar-refractivity contribution in [2.24, 2.45) is 0 Å². The van der Waals surface area contributed by atoms with Crippen LogP contribution < -0.4 is 15.0 Å². The monoisotopic (exact) mass is 439 g/mol. The molecular formula is C22H21N3O5S. The lowest BCUT2D eigenvalue weighted by atomic mass is 9.97. The summed E-state index contributed by atoms with van der Waals surface area (Å²) in [7, 11) is 3.15. The lowest BCUT2D eigenvalue weighted by molar-refractivity contribution is -0.138. The van der Waals surface area contributed by atoms with Crippen LogP contribution in [0.25, 0.3) is 21.0 Å². The minimum absolute atomic E-state index is 0.123. The molecule has 4 aromatic rings. The van der Waals surface area contributed by atoms with E-state index in [2.05, 4.69) is 10.1 Å². The predicted octanol–water partition coefficient (Wildman–Crippen LogP) is 3.65. The largest absolute Gasteiger partial charge is 0.497 e. The van der Waals surface area contributed by atoms with Crippen molar-refractivity contribution in [3.05, 3.63) is 57.5 Å². The van der Waals surface area contributed by atoms with E-state index in [1.807, 2.05) is 0 Å².